The normalized spacial score (nSPS) is 18.9. The van der Waals surface area contributed by atoms with Crippen molar-refractivity contribution in [3.63, 3.8) is 0 Å². The maximum atomic E-state index is 10.5. The number of ketones is 1. The third-order valence-corrected chi connectivity index (χ3v) is 1.60. The van der Waals surface area contributed by atoms with Gasteiger partial charge in [0.1, 0.15) is 5.78 Å². The van der Waals surface area contributed by atoms with E-state index in [1.165, 1.54) is 0 Å². The monoisotopic (exact) mass is 296 g/mol. The summed E-state index contributed by atoms with van der Waals surface area (Å²) in [5, 5.41) is 0. The van der Waals surface area contributed by atoms with Crippen molar-refractivity contribution < 1.29 is 25.9 Å². The first kappa shape index (κ1) is 12.1. The second kappa shape index (κ2) is 3.51. The number of hydrogen-bond acceptors (Lipinski definition) is 1. The maximum absolute atomic E-state index is 10.5. The SMILES string of the molecule is [CH2-]C1(C(C)=O)CC1.[CH3-].[W+2]. The molecule has 1 nitrogen and oxygen atoms in total. The summed E-state index contributed by atoms with van der Waals surface area (Å²) in [5.74, 6) is 0.243. The summed E-state index contributed by atoms with van der Waals surface area (Å²) >= 11 is 0. The van der Waals surface area contributed by atoms with Crippen LogP contribution in [0.3, 0.4) is 0 Å². The number of carbonyl (C=O) groups excluding carboxylic acids is 1. The summed E-state index contributed by atoms with van der Waals surface area (Å²) in [6, 6.07) is 0. The van der Waals surface area contributed by atoms with E-state index in [4.69, 9.17) is 0 Å². The molecular weight excluding hydrogens is 284 g/mol. The Morgan fingerprint density at radius 2 is 1.89 bits per heavy atom. The topological polar surface area (TPSA) is 17.1 Å². The largest absolute Gasteiger partial charge is 2.00 e. The molecule has 0 N–H and O–H groups in total. The fraction of sp³-hybridized carbons (Fsp3) is 0.571. The van der Waals surface area contributed by atoms with Crippen molar-refractivity contribution in [3.8, 4) is 0 Å². The molecule has 0 amide bonds. The number of carbonyl (C=O) groups is 1. The number of rotatable bonds is 1. The van der Waals surface area contributed by atoms with Crippen molar-refractivity contribution in [3.05, 3.63) is 14.4 Å². The quantitative estimate of drug-likeness (QED) is 0.672. The van der Waals surface area contributed by atoms with E-state index in [1.54, 1.807) is 6.92 Å². The zero-order chi connectivity index (χ0) is 5.49. The van der Waals surface area contributed by atoms with Gasteiger partial charge in [-0.2, -0.15) is 0 Å². The molecule has 0 radical (unpaired) electrons. The van der Waals surface area contributed by atoms with Gasteiger partial charge < -0.3 is 19.1 Å². The molecule has 0 aliphatic heterocycles. The van der Waals surface area contributed by atoms with Crippen molar-refractivity contribution in [1.29, 1.82) is 0 Å². The smallest absolute Gasteiger partial charge is 0.358 e. The Labute approximate surface area is 71.5 Å². The molecule has 1 saturated carbocycles. The third-order valence-electron chi connectivity index (χ3n) is 1.60. The van der Waals surface area contributed by atoms with E-state index in [2.05, 4.69) is 6.92 Å². The van der Waals surface area contributed by atoms with Gasteiger partial charge in [0.2, 0.25) is 0 Å². The summed E-state index contributed by atoms with van der Waals surface area (Å²) in [5.41, 5.74) is -0.139. The summed E-state index contributed by atoms with van der Waals surface area (Å²) in [6.45, 7) is 5.34. The molecule has 0 bridgehead atoms. The van der Waals surface area contributed by atoms with E-state index in [1.807, 2.05) is 0 Å². The fourth-order valence-corrected chi connectivity index (χ4v) is 0.503. The molecule has 0 aromatic rings. The van der Waals surface area contributed by atoms with Crippen molar-refractivity contribution in [2.24, 2.45) is 5.41 Å². The van der Waals surface area contributed by atoms with Gasteiger partial charge in [0.05, 0.1) is 0 Å². The third kappa shape index (κ3) is 2.62. The van der Waals surface area contributed by atoms with Crippen LogP contribution in [0.1, 0.15) is 19.8 Å². The Hall–Kier alpha value is 0.358. The second-order valence-corrected chi connectivity index (χ2v) is 2.34. The molecule has 1 aliphatic rings. The number of Topliss-reactive ketones (excluding diaryl/α,β-unsaturated/α-hetero) is 1. The predicted octanol–water partition coefficient (Wildman–Crippen LogP) is 1.64. The minimum Gasteiger partial charge on any atom is -0.358 e. The standard InChI is InChI=1S/C6H9O.CH3.W/c1-5(7)6(2)3-4-6;;/h2-4H2,1H3;1H3;/q2*-1;+2. The molecule has 0 unspecified atom stereocenters. The van der Waals surface area contributed by atoms with Crippen LogP contribution in [-0.4, -0.2) is 5.78 Å². The van der Waals surface area contributed by atoms with Crippen LogP contribution in [0.4, 0.5) is 0 Å². The van der Waals surface area contributed by atoms with E-state index in [9.17, 15) is 4.79 Å². The maximum Gasteiger partial charge on any atom is 2.00 e. The van der Waals surface area contributed by atoms with E-state index in [-0.39, 0.29) is 39.7 Å². The van der Waals surface area contributed by atoms with Crippen LogP contribution in [0.15, 0.2) is 0 Å². The average molecular weight is 296 g/mol. The molecule has 0 spiro atoms. The first-order valence-electron chi connectivity index (χ1n) is 2.51. The summed E-state index contributed by atoms with van der Waals surface area (Å²) in [6.07, 6.45) is 2.00. The molecule has 2 heteroatoms. The van der Waals surface area contributed by atoms with E-state index >= 15 is 0 Å². The van der Waals surface area contributed by atoms with Crippen LogP contribution in [0.5, 0.6) is 0 Å². The Morgan fingerprint density at radius 1 is 1.56 bits per heavy atom. The molecule has 1 rings (SSSR count). The minimum atomic E-state index is -0.139. The molecule has 0 heterocycles. The number of hydrogen-bond donors (Lipinski definition) is 0. The fourth-order valence-electron chi connectivity index (χ4n) is 0.503. The minimum absolute atomic E-state index is 0. The zero-order valence-corrected chi connectivity index (χ0v) is 8.87. The van der Waals surface area contributed by atoms with E-state index in [0.29, 0.717) is 0 Å². The van der Waals surface area contributed by atoms with Gasteiger partial charge in [-0.3, -0.25) is 0 Å². The molecule has 0 aromatic carbocycles. The Kier molecular flexibility index (Phi) is 4.71. The van der Waals surface area contributed by atoms with Gasteiger partial charge in [0, 0.05) is 0 Å². The van der Waals surface area contributed by atoms with Gasteiger partial charge in [-0.25, -0.2) is 0 Å². The molecule has 1 fully saturated rings. The summed E-state index contributed by atoms with van der Waals surface area (Å²) in [4.78, 5) is 10.5. The average Bonchev–Trinajstić information content (AvgIpc) is 2.21. The predicted molar refractivity (Wildman–Crippen MR) is 34.1 cm³/mol. The van der Waals surface area contributed by atoms with Crippen LogP contribution >= 0.6 is 0 Å². The molecule has 1 aliphatic carbocycles. The first-order chi connectivity index (χ1) is 3.15. The van der Waals surface area contributed by atoms with E-state index in [0.717, 1.165) is 12.8 Å². The Bertz CT molecular complexity index is 105. The van der Waals surface area contributed by atoms with Crippen molar-refractivity contribution in [2.45, 2.75) is 19.8 Å². The molecule has 52 valence electrons. The van der Waals surface area contributed by atoms with E-state index < -0.39 is 0 Å². The molecule has 0 saturated heterocycles. The van der Waals surface area contributed by atoms with Gasteiger partial charge in [-0.05, 0) is 6.92 Å². The summed E-state index contributed by atoms with van der Waals surface area (Å²) in [7, 11) is 0. The van der Waals surface area contributed by atoms with Crippen LogP contribution in [0.2, 0.25) is 0 Å². The van der Waals surface area contributed by atoms with Crippen molar-refractivity contribution in [2.75, 3.05) is 0 Å². The van der Waals surface area contributed by atoms with Gasteiger partial charge in [0.15, 0.2) is 0 Å². The Morgan fingerprint density at radius 3 is 1.89 bits per heavy atom. The molecule has 0 aromatic heterocycles. The first-order valence-corrected chi connectivity index (χ1v) is 2.51. The zero-order valence-electron chi connectivity index (χ0n) is 5.94. The van der Waals surface area contributed by atoms with Gasteiger partial charge in [0.25, 0.3) is 0 Å². The van der Waals surface area contributed by atoms with Crippen LogP contribution in [0, 0.1) is 19.8 Å². The molecule has 0 atom stereocenters. The Balaban J connectivity index is 0. The van der Waals surface area contributed by atoms with Gasteiger partial charge in [-0.1, -0.05) is 18.3 Å². The second-order valence-electron chi connectivity index (χ2n) is 2.34. The molecule has 9 heavy (non-hydrogen) atoms. The molecular formula is C7H12OW. The summed E-state index contributed by atoms with van der Waals surface area (Å²) < 4.78 is 0. The van der Waals surface area contributed by atoms with Gasteiger partial charge in [-0.15, -0.1) is 0 Å². The van der Waals surface area contributed by atoms with Crippen molar-refractivity contribution in [1.82, 2.24) is 0 Å². The van der Waals surface area contributed by atoms with Crippen LogP contribution in [-0.2, 0) is 25.9 Å². The van der Waals surface area contributed by atoms with Crippen LogP contribution in [0.25, 0.3) is 0 Å². The van der Waals surface area contributed by atoms with Crippen LogP contribution < -0.4 is 0 Å². The van der Waals surface area contributed by atoms with Gasteiger partial charge >= 0.3 is 21.1 Å². The van der Waals surface area contributed by atoms with Crippen molar-refractivity contribution >= 4 is 5.78 Å².